The Morgan fingerprint density at radius 3 is 2.50 bits per heavy atom. The molecule has 1 heterocycles. The summed E-state index contributed by atoms with van der Waals surface area (Å²) in [7, 11) is 1.07. The SMILES string of the molecule is CCN(C(=O)CCNCCN(C)C)C1CCS(=O)(=O)C1. The van der Waals surface area contributed by atoms with Gasteiger partial charge in [-0.05, 0) is 27.4 Å². The van der Waals surface area contributed by atoms with Crippen LogP contribution >= 0.6 is 0 Å². The predicted molar refractivity (Wildman–Crippen MR) is 80.5 cm³/mol. The molecule has 1 atom stereocenters. The van der Waals surface area contributed by atoms with Crippen LogP contribution in [0.5, 0.6) is 0 Å². The van der Waals surface area contributed by atoms with E-state index in [0.717, 1.165) is 13.1 Å². The quantitative estimate of drug-likeness (QED) is 0.616. The normalized spacial score (nSPS) is 21.3. The molecule has 7 heteroatoms. The Kier molecular flexibility index (Phi) is 6.91. The van der Waals surface area contributed by atoms with E-state index in [1.54, 1.807) is 4.90 Å². The molecular formula is C13H27N3O3S. The van der Waals surface area contributed by atoms with Gasteiger partial charge in [0.15, 0.2) is 9.84 Å². The smallest absolute Gasteiger partial charge is 0.224 e. The summed E-state index contributed by atoms with van der Waals surface area (Å²) >= 11 is 0. The second-order valence-electron chi connectivity index (χ2n) is 5.54. The zero-order chi connectivity index (χ0) is 15.2. The molecule has 0 bridgehead atoms. The third-order valence-electron chi connectivity index (χ3n) is 3.56. The Hall–Kier alpha value is -0.660. The number of nitrogens with one attached hydrogen (secondary N) is 1. The molecule has 0 aromatic rings. The third-order valence-corrected chi connectivity index (χ3v) is 5.31. The molecule has 1 rings (SSSR count). The van der Waals surface area contributed by atoms with E-state index < -0.39 is 9.84 Å². The van der Waals surface area contributed by atoms with Crippen molar-refractivity contribution in [3.8, 4) is 0 Å². The van der Waals surface area contributed by atoms with E-state index in [-0.39, 0.29) is 23.5 Å². The molecule has 6 nitrogen and oxygen atoms in total. The summed E-state index contributed by atoms with van der Waals surface area (Å²) < 4.78 is 23.0. The lowest BCUT2D eigenvalue weighted by atomic mass is 10.2. The minimum atomic E-state index is -2.94. The summed E-state index contributed by atoms with van der Waals surface area (Å²) in [6.45, 7) is 4.92. The van der Waals surface area contributed by atoms with Gasteiger partial charge < -0.3 is 15.1 Å². The van der Waals surface area contributed by atoms with Crippen LogP contribution < -0.4 is 5.32 Å². The van der Waals surface area contributed by atoms with Crippen molar-refractivity contribution >= 4 is 15.7 Å². The van der Waals surface area contributed by atoms with Gasteiger partial charge in [0, 0.05) is 38.6 Å². The Morgan fingerprint density at radius 1 is 1.30 bits per heavy atom. The van der Waals surface area contributed by atoms with Crippen molar-refractivity contribution in [3.63, 3.8) is 0 Å². The summed E-state index contributed by atoms with van der Waals surface area (Å²) in [4.78, 5) is 16.0. The standard InChI is InChI=1S/C13H27N3O3S/c1-4-16(12-6-10-20(18,19)11-12)13(17)5-7-14-8-9-15(2)3/h12,14H,4-11H2,1-3H3. The molecule has 1 saturated heterocycles. The average Bonchev–Trinajstić information content (AvgIpc) is 2.69. The van der Waals surface area contributed by atoms with Gasteiger partial charge >= 0.3 is 0 Å². The van der Waals surface area contributed by atoms with Gasteiger partial charge in [-0.25, -0.2) is 8.42 Å². The first-order valence-electron chi connectivity index (χ1n) is 7.21. The molecule has 0 aliphatic carbocycles. The van der Waals surface area contributed by atoms with Gasteiger partial charge in [-0.2, -0.15) is 0 Å². The van der Waals surface area contributed by atoms with Crippen LogP contribution in [0.15, 0.2) is 0 Å². The van der Waals surface area contributed by atoms with Gasteiger partial charge in [0.1, 0.15) is 0 Å². The monoisotopic (exact) mass is 305 g/mol. The zero-order valence-corrected chi connectivity index (χ0v) is 13.6. The van der Waals surface area contributed by atoms with Crippen LogP contribution in [0.1, 0.15) is 19.8 Å². The maximum absolute atomic E-state index is 12.2. The Morgan fingerprint density at radius 2 is 2.00 bits per heavy atom. The molecule has 0 aromatic heterocycles. The van der Waals surface area contributed by atoms with E-state index in [1.807, 2.05) is 21.0 Å². The fourth-order valence-corrected chi connectivity index (χ4v) is 4.16. The Bertz CT molecular complexity index is 409. The number of hydrogen-bond acceptors (Lipinski definition) is 5. The number of sulfone groups is 1. The fraction of sp³-hybridized carbons (Fsp3) is 0.923. The zero-order valence-electron chi connectivity index (χ0n) is 12.8. The lowest BCUT2D eigenvalue weighted by Gasteiger charge is -2.27. The number of nitrogens with zero attached hydrogens (tertiary/aromatic N) is 2. The molecule has 1 aliphatic rings. The molecule has 20 heavy (non-hydrogen) atoms. The molecule has 118 valence electrons. The average molecular weight is 305 g/mol. The highest BCUT2D eigenvalue weighted by Gasteiger charge is 2.33. The summed E-state index contributed by atoms with van der Waals surface area (Å²) in [5.74, 6) is 0.385. The van der Waals surface area contributed by atoms with Gasteiger partial charge in [-0.3, -0.25) is 4.79 Å². The van der Waals surface area contributed by atoms with E-state index in [1.165, 1.54) is 0 Å². The molecular weight excluding hydrogens is 278 g/mol. The Labute approximate surface area is 122 Å². The molecule has 0 radical (unpaired) electrons. The van der Waals surface area contributed by atoms with Crippen molar-refractivity contribution in [1.82, 2.24) is 15.1 Å². The van der Waals surface area contributed by atoms with Crippen LogP contribution in [0.4, 0.5) is 0 Å². The van der Waals surface area contributed by atoms with E-state index in [9.17, 15) is 13.2 Å². The van der Waals surface area contributed by atoms with Crippen molar-refractivity contribution in [2.45, 2.75) is 25.8 Å². The number of amides is 1. The van der Waals surface area contributed by atoms with E-state index in [0.29, 0.717) is 25.9 Å². The fourth-order valence-electron chi connectivity index (χ4n) is 2.43. The Balaban J connectivity index is 2.33. The third kappa shape index (κ3) is 5.76. The predicted octanol–water partition coefficient (Wildman–Crippen LogP) is -0.437. The van der Waals surface area contributed by atoms with Crippen molar-refractivity contribution in [2.75, 3.05) is 51.8 Å². The number of likely N-dealkylation sites (N-methyl/N-ethyl adjacent to an activating group) is 1. The maximum Gasteiger partial charge on any atom is 0.224 e. The summed E-state index contributed by atoms with van der Waals surface area (Å²) in [6.07, 6.45) is 1.01. The highest BCUT2D eigenvalue weighted by molar-refractivity contribution is 7.91. The molecule has 1 amide bonds. The highest BCUT2D eigenvalue weighted by atomic mass is 32.2. The molecule has 0 spiro atoms. The van der Waals surface area contributed by atoms with E-state index >= 15 is 0 Å². The highest BCUT2D eigenvalue weighted by Crippen LogP contribution is 2.18. The van der Waals surface area contributed by atoms with Gasteiger partial charge in [-0.15, -0.1) is 0 Å². The largest absolute Gasteiger partial charge is 0.339 e. The molecule has 0 saturated carbocycles. The summed E-state index contributed by atoms with van der Waals surface area (Å²) in [6, 6.07) is -0.126. The first kappa shape index (κ1) is 17.4. The first-order valence-corrected chi connectivity index (χ1v) is 9.03. The van der Waals surface area contributed by atoms with Crippen LogP contribution in [0.25, 0.3) is 0 Å². The lowest BCUT2D eigenvalue weighted by Crippen LogP contribution is -2.42. The second kappa shape index (κ2) is 7.95. The van der Waals surface area contributed by atoms with Gasteiger partial charge in [0.05, 0.1) is 11.5 Å². The van der Waals surface area contributed by atoms with Crippen molar-refractivity contribution in [1.29, 1.82) is 0 Å². The van der Waals surface area contributed by atoms with E-state index in [4.69, 9.17) is 0 Å². The molecule has 1 fully saturated rings. The topological polar surface area (TPSA) is 69.7 Å². The van der Waals surface area contributed by atoms with Gasteiger partial charge in [-0.1, -0.05) is 0 Å². The molecule has 1 unspecified atom stereocenters. The number of rotatable bonds is 8. The van der Waals surface area contributed by atoms with Crippen molar-refractivity contribution < 1.29 is 13.2 Å². The van der Waals surface area contributed by atoms with Crippen LogP contribution in [0.3, 0.4) is 0 Å². The van der Waals surface area contributed by atoms with Crippen LogP contribution in [-0.4, -0.2) is 81.9 Å². The molecule has 0 aromatic carbocycles. The van der Waals surface area contributed by atoms with Crippen LogP contribution in [-0.2, 0) is 14.6 Å². The minimum absolute atomic E-state index is 0.0481. The van der Waals surface area contributed by atoms with Crippen molar-refractivity contribution in [2.24, 2.45) is 0 Å². The van der Waals surface area contributed by atoms with Gasteiger partial charge in [0.25, 0.3) is 0 Å². The van der Waals surface area contributed by atoms with Gasteiger partial charge in [0.2, 0.25) is 5.91 Å². The molecule has 1 aliphatic heterocycles. The minimum Gasteiger partial charge on any atom is -0.339 e. The summed E-state index contributed by atoms with van der Waals surface area (Å²) in [5.41, 5.74) is 0. The first-order chi connectivity index (χ1) is 9.35. The molecule has 1 N–H and O–H groups in total. The van der Waals surface area contributed by atoms with Crippen LogP contribution in [0, 0.1) is 0 Å². The van der Waals surface area contributed by atoms with Crippen LogP contribution in [0.2, 0.25) is 0 Å². The summed E-state index contributed by atoms with van der Waals surface area (Å²) in [5, 5.41) is 3.23. The second-order valence-corrected chi connectivity index (χ2v) is 7.77. The number of carbonyl (C=O) groups excluding carboxylic acids is 1. The van der Waals surface area contributed by atoms with E-state index in [2.05, 4.69) is 10.2 Å². The number of hydrogen-bond donors (Lipinski definition) is 1. The lowest BCUT2D eigenvalue weighted by molar-refractivity contribution is -0.132. The van der Waals surface area contributed by atoms with Crippen molar-refractivity contribution in [3.05, 3.63) is 0 Å². The maximum atomic E-state index is 12.2. The number of carbonyl (C=O) groups is 1.